The summed E-state index contributed by atoms with van der Waals surface area (Å²) < 4.78 is 19.6. The quantitative estimate of drug-likeness (QED) is 0.879. The molecule has 2 rings (SSSR count). The highest BCUT2D eigenvalue weighted by Gasteiger charge is 2.05. The van der Waals surface area contributed by atoms with Gasteiger partial charge in [-0.1, -0.05) is 0 Å². The molecule has 2 aromatic rings. The third-order valence-corrected chi connectivity index (χ3v) is 3.09. The van der Waals surface area contributed by atoms with Crippen molar-refractivity contribution >= 4 is 21.6 Å². The van der Waals surface area contributed by atoms with Crippen LogP contribution in [-0.4, -0.2) is 0 Å². The molecule has 0 fully saturated rings. The van der Waals surface area contributed by atoms with E-state index in [1.807, 2.05) is 6.07 Å². The molecule has 0 radical (unpaired) electrons. The first-order valence-corrected chi connectivity index (χ1v) is 6.25. The van der Waals surface area contributed by atoms with E-state index in [1.165, 1.54) is 12.1 Å². The van der Waals surface area contributed by atoms with E-state index in [0.29, 0.717) is 17.0 Å². The maximum atomic E-state index is 13.2. The molecule has 0 aliphatic rings. The molecule has 0 bridgehead atoms. The fourth-order valence-corrected chi connectivity index (χ4v) is 1.95. The molecule has 19 heavy (non-hydrogen) atoms. The van der Waals surface area contributed by atoms with Crippen molar-refractivity contribution in [2.75, 3.05) is 5.73 Å². The molecule has 0 aliphatic carbocycles. The van der Waals surface area contributed by atoms with Gasteiger partial charge in [-0.3, -0.25) is 0 Å². The molecular formula is C14H10BrFN2O. The third kappa shape index (κ3) is 3.46. The minimum atomic E-state index is -0.454. The van der Waals surface area contributed by atoms with Crippen LogP contribution in [0.15, 0.2) is 40.9 Å². The zero-order chi connectivity index (χ0) is 13.8. The average Bonchev–Trinajstić information content (AvgIpc) is 2.39. The molecule has 0 atom stereocenters. The summed E-state index contributed by atoms with van der Waals surface area (Å²) in [4.78, 5) is 0. The van der Waals surface area contributed by atoms with Crippen LogP contribution < -0.4 is 10.5 Å². The number of nitrogen functional groups attached to an aromatic ring is 1. The Labute approximate surface area is 118 Å². The fourth-order valence-electron chi connectivity index (χ4n) is 1.59. The van der Waals surface area contributed by atoms with E-state index in [4.69, 9.17) is 15.7 Å². The van der Waals surface area contributed by atoms with Crippen LogP contribution in [0, 0.1) is 17.1 Å². The maximum absolute atomic E-state index is 13.2. The molecule has 2 N–H and O–H groups in total. The van der Waals surface area contributed by atoms with Crippen molar-refractivity contribution in [3.05, 3.63) is 57.8 Å². The highest BCUT2D eigenvalue weighted by Crippen LogP contribution is 2.27. The highest BCUT2D eigenvalue weighted by molar-refractivity contribution is 9.10. The van der Waals surface area contributed by atoms with Crippen molar-refractivity contribution in [2.45, 2.75) is 6.61 Å². The lowest BCUT2D eigenvalue weighted by Crippen LogP contribution is -1.98. The monoisotopic (exact) mass is 320 g/mol. The van der Waals surface area contributed by atoms with Crippen LogP contribution in [-0.2, 0) is 6.61 Å². The van der Waals surface area contributed by atoms with Gasteiger partial charge in [0.1, 0.15) is 18.2 Å². The minimum Gasteiger partial charge on any atom is -0.488 e. The van der Waals surface area contributed by atoms with Crippen LogP contribution in [0.4, 0.5) is 10.1 Å². The molecular weight excluding hydrogens is 311 g/mol. The van der Waals surface area contributed by atoms with Crippen molar-refractivity contribution in [3.63, 3.8) is 0 Å². The van der Waals surface area contributed by atoms with E-state index in [2.05, 4.69) is 15.9 Å². The second-order valence-electron chi connectivity index (χ2n) is 3.94. The number of ether oxygens (including phenoxy) is 1. The van der Waals surface area contributed by atoms with Crippen LogP contribution in [0.2, 0.25) is 0 Å². The van der Waals surface area contributed by atoms with Gasteiger partial charge in [-0.25, -0.2) is 4.39 Å². The molecule has 3 nitrogen and oxygen atoms in total. The van der Waals surface area contributed by atoms with Gasteiger partial charge in [0.2, 0.25) is 0 Å². The number of rotatable bonds is 3. The summed E-state index contributed by atoms with van der Waals surface area (Å²) in [6.07, 6.45) is 0. The van der Waals surface area contributed by atoms with E-state index in [-0.39, 0.29) is 12.2 Å². The predicted molar refractivity (Wildman–Crippen MR) is 74.0 cm³/mol. The SMILES string of the molecule is N#Cc1cc(F)cc(COc2cc(N)ccc2Br)c1. The van der Waals surface area contributed by atoms with Gasteiger partial charge in [-0.05, 0) is 51.8 Å². The van der Waals surface area contributed by atoms with Crippen molar-refractivity contribution < 1.29 is 9.13 Å². The van der Waals surface area contributed by atoms with Gasteiger partial charge in [0, 0.05) is 11.8 Å². The van der Waals surface area contributed by atoms with Gasteiger partial charge in [-0.15, -0.1) is 0 Å². The lowest BCUT2D eigenvalue weighted by Gasteiger charge is -2.09. The Balaban J connectivity index is 2.17. The van der Waals surface area contributed by atoms with Gasteiger partial charge in [-0.2, -0.15) is 5.26 Å². The predicted octanol–water partition coefficient (Wildman–Crippen LogP) is 3.62. The molecule has 0 heterocycles. The molecule has 0 unspecified atom stereocenters. The molecule has 96 valence electrons. The van der Waals surface area contributed by atoms with E-state index < -0.39 is 5.82 Å². The molecule has 5 heteroatoms. The largest absolute Gasteiger partial charge is 0.488 e. The van der Waals surface area contributed by atoms with Crippen LogP contribution in [0.5, 0.6) is 5.75 Å². The Morgan fingerprint density at radius 2 is 2.05 bits per heavy atom. The normalized spacial score (nSPS) is 9.95. The minimum absolute atomic E-state index is 0.161. The lowest BCUT2D eigenvalue weighted by atomic mass is 10.1. The van der Waals surface area contributed by atoms with Crippen molar-refractivity contribution in [3.8, 4) is 11.8 Å². The maximum Gasteiger partial charge on any atom is 0.136 e. The Morgan fingerprint density at radius 3 is 2.79 bits per heavy atom. The smallest absolute Gasteiger partial charge is 0.136 e. The average molecular weight is 321 g/mol. The molecule has 0 amide bonds. The number of halogens is 2. The molecule has 0 saturated carbocycles. The van der Waals surface area contributed by atoms with Crippen LogP contribution in [0.1, 0.15) is 11.1 Å². The molecule has 0 spiro atoms. The Kier molecular flexibility index (Phi) is 4.03. The van der Waals surface area contributed by atoms with Gasteiger partial charge in [0.15, 0.2) is 0 Å². The first-order valence-electron chi connectivity index (χ1n) is 5.46. The summed E-state index contributed by atoms with van der Waals surface area (Å²) >= 11 is 3.34. The molecule has 2 aromatic carbocycles. The van der Waals surface area contributed by atoms with Crippen LogP contribution in [0.3, 0.4) is 0 Å². The summed E-state index contributed by atoms with van der Waals surface area (Å²) in [7, 11) is 0. The second kappa shape index (κ2) is 5.72. The third-order valence-electron chi connectivity index (χ3n) is 2.44. The number of hydrogen-bond acceptors (Lipinski definition) is 3. The number of benzene rings is 2. The second-order valence-corrected chi connectivity index (χ2v) is 4.79. The highest BCUT2D eigenvalue weighted by atomic mass is 79.9. The number of nitriles is 1. The van der Waals surface area contributed by atoms with Gasteiger partial charge in [0.25, 0.3) is 0 Å². The standard InChI is InChI=1S/C14H10BrFN2O/c15-13-2-1-12(18)6-14(13)19-8-10-3-9(7-17)4-11(16)5-10/h1-6H,8,18H2. The Morgan fingerprint density at radius 1 is 1.26 bits per heavy atom. The zero-order valence-electron chi connectivity index (χ0n) is 9.86. The first-order chi connectivity index (χ1) is 9.08. The van der Waals surface area contributed by atoms with Gasteiger partial charge < -0.3 is 10.5 Å². The Bertz CT molecular complexity index is 652. The van der Waals surface area contributed by atoms with Crippen LogP contribution >= 0.6 is 15.9 Å². The number of hydrogen-bond donors (Lipinski definition) is 1. The number of nitrogens with zero attached hydrogens (tertiary/aromatic N) is 1. The van der Waals surface area contributed by atoms with Gasteiger partial charge in [0.05, 0.1) is 16.1 Å². The van der Waals surface area contributed by atoms with Crippen molar-refractivity contribution in [2.24, 2.45) is 0 Å². The summed E-state index contributed by atoms with van der Waals surface area (Å²) in [6.45, 7) is 0.161. The summed E-state index contributed by atoms with van der Waals surface area (Å²) in [5.74, 6) is 0.118. The molecule has 0 aromatic heterocycles. The van der Waals surface area contributed by atoms with E-state index >= 15 is 0 Å². The van der Waals surface area contributed by atoms with Gasteiger partial charge >= 0.3 is 0 Å². The molecule has 0 saturated heterocycles. The number of anilines is 1. The lowest BCUT2D eigenvalue weighted by molar-refractivity contribution is 0.304. The van der Waals surface area contributed by atoms with Crippen molar-refractivity contribution in [1.82, 2.24) is 0 Å². The summed E-state index contributed by atoms with van der Waals surface area (Å²) in [5, 5.41) is 8.77. The van der Waals surface area contributed by atoms with E-state index in [9.17, 15) is 4.39 Å². The van der Waals surface area contributed by atoms with Crippen molar-refractivity contribution in [1.29, 1.82) is 5.26 Å². The summed E-state index contributed by atoms with van der Waals surface area (Å²) in [5.41, 5.74) is 7.10. The summed E-state index contributed by atoms with van der Waals surface area (Å²) in [6, 6.07) is 11.2. The first kappa shape index (κ1) is 13.4. The van der Waals surface area contributed by atoms with Crippen LogP contribution in [0.25, 0.3) is 0 Å². The van der Waals surface area contributed by atoms with E-state index in [0.717, 1.165) is 4.47 Å². The Hall–Kier alpha value is -2.06. The topological polar surface area (TPSA) is 59.0 Å². The molecule has 0 aliphatic heterocycles. The fraction of sp³-hybridized carbons (Fsp3) is 0.0714. The zero-order valence-corrected chi connectivity index (χ0v) is 11.4. The van der Waals surface area contributed by atoms with E-state index in [1.54, 1.807) is 24.3 Å². The number of nitrogens with two attached hydrogens (primary N) is 1.